The van der Waals surface area contributed by atoms with E-state index in [0.717, 1.165) is 0 Å². The molecule has 7 amide bonds. The quantitative estimate of drug-likeness (QED) is 0.0667. The molecule has 0 aromatic rings. The fourth-order valence-electron chi connectivity index (χ4n) is 5.88. The first-order chi connectivity index (χ1) is 22.0. The monoisotopic (exact) mass is 700 g/mol. The normalized spacial score (nSPS) is 15.6. The Morgan fingerprint density at radius 3 is 1.31 bits per heavy atom. The average Bonchev–Trinajstić information content (AvgIpc) is 2.96. The van der Waals surface area contributed by atoms with Gasteiger partial charge in [0.15, 0.2) is 8.32 Å². The molecule has 0 aliphatic rings. The van der Waals surface area contributed by atoms with Crippen LogP contribution >= 0.6 is 0 Å². The predicted molar refractivity (Wildman–Crippen MR) is 184 cm³/mol. The molecule has 0 spiro atoms. The Morgan fingerprint density at radius 1 is 0.604 bits per heavy atom. The van der Waals surface area contributed by atoms with Crippen molar-refractivity contribution in [2.45, 2.75) is 135 Å². The van der Waals surface area contributed by atoms with Gasteiger partial charge in [0.2, 0.25) is 41.4 Å². The summed E-state index contributed by atoms with van der Waals surface area (Å²) < 4.78 is 6.58. The second kappa shape index (κ2) is 20.1. The van der Waals surface area contributed by atoms with Crippen LogP contribution in [-0.2, 0) is 38.0 Å². The number of nitrogens with two attached hydrogens (primary N) is 4. The zero-order valence-electron chi connectivity index (χ0n) is 30.2. The summed E-state index contributed by atoms with van der Waals surface area (Å²) in [5.74, 6) is -6.83. The van der Waals surface area contributed by atoms with Gasteiger partial charge >= 0.3 is 0 Å². The van der Waals surface area contributed by atoms with Crippen molar-refractivity contribution >= 4 is 49.7 Å². The van der Waals surface area contributed by atoms with E-state index in [1.165, 1.54) is 0 Å². The lowest BCUT2D eigenvalue weighted by atomic mass is 9.99. The van der Waals surface area contributed by atoms with E-state index >= 15 is 0 Å². The van der Waals surface area contributed by atoms with Crippen molar-refractivity contribution in [3.8, 4) is 0 Å². The molecule has 0 saturated carbocycles. The van der Waals surface area contributed by atoms with Crippen LogP contribution in [0.3, 0.4) is 0 Å². The van der Waals surface area contributed by atoms with E-state index in [-0.39, 0.29) is 35.1 Å². The van der Waals surface area contributed by atoms with Gasteiger partial charge in [-0.1, -0.05) is 75.7 Å². The summed E-state index contributed by atoms with van der Waals surface area (Å²) in [6, 6.07) is -6.63. The van der Waals surface area contributed by atoms with E-state index in [2.05, 4.69) is 21.3 Å². The minimum atomic E-state index is -2.58. The van der Waals surface area contributed by atoms with Gasteiger partial charge in [0.25, 0.3) is 0 Å². The molecule has 0 saturated heterocycles. The lowest BCUT2D eigenvalue weighted by Gasteiger charge is -2.43. The van der Waals surface area contributed by atoms with Crippen molar-refractivity contribution in [1.82, 2.24) is 21.3 Å². The van der Waals surface area contributed by atoms with Crippen LogP contribution in [0, 0.1) is 11.8 Å². The minimum absolute atomic E-state index is 0.124. The number of carbonyl (C=O) groups excluding carboxylic acids is 7. The van der Waals surface area contributed by atoms with Crippen molar-refractivity contribution < 1.29 is 38.0 Å². The van der Waals surface area contributed by atoms with Crippen molar-refractivity contribution in [1.29, 1.82) is 0 Å². The van der Waals surface area contributed by atoms with E-state index in [9.17, 15) is 33.6 Å². The highest BCUT2D eigenvalue weighted by Crippen LogP contribution is 2.42. The lowest BCUT2D eigenvalue weighted by molar-refractivity contribution is -0.136. The lowest BCUT2D eigenvalue weighted by Crippen LogP contribution is -2.61. The number of nitrogens with one attached hydrogen (secondary N) is 4. The van der Waals surface area contributed by atoms with Gasteiger partial charge in [0.05, 0.1) is 25.5 Å². The molecule has 48 heavy (non-hydrogen) atoms. The van der Waals surface area contributed by atoms with Crippen molar-refractivity contribution in [3.05, 3.63) is 0 Å². The summed E-state index contributed by atoms with van der Waals surface area (Å²) in [5.41, 5.74) is 22.6. The molecule has 0 radical (unpaired) electrons. The van der Waals surface area contributed by atoms with Gasteiger partial charge in [0, 0.05) is 0 Å². The molecule has 12 N–H and O–H groups in total. The summed E-state index contributed by atoms with van der Waals surface area (Å²) in [7, 11) is -2.58. The molecule has 276 valence electrons. The average molecular weight is 701 g/mol. The summed E-state index contributed by atoms with van der Waals surface area (Å²) >= 11 is 0. The van der Waals surface area contributed by atoms with E-state index in [0.29, 0.717) is 6.42 Å². The van der Waals surface area contributed by atoms with Gasteiger partial charge in [-0.3, -0.25) is 33.6 Å². The van der Waals surface area contributed by atoms with E-state index in [1.54, 1.807) is 20.8 Å². The van der Waals surface area contributed by atoms with Crippen molar-refractivity contribution in [3.63, 3.8) is 0 Å². The third-order valence-electron chi connectivity index (χ3n) is 8.75. The Balaban J connectivity index is 6.53. The van der Waals surface area contributed by atoms with Crippen LogP contribution in [0.1, 0.15) is 88.5 Å². The first-order valence-electron chi connectivity index (χ1n) is 16.5. The number of rotatable bonds is 22. The van der Waals surface area contributed by atoms with Gasteiger partial charge in [-0.05, 0) is 28.5 Å². The second-order valence-electron chi connectivity index (χ2n) is 13.7. The molecule has 0 fully saturated rings. The Bertz CT molecular complexity index is 1130. The van der Waals surface area contributed by atoms with Gasteiger partial charge in [-0.25, -0.2) is 0 Å². The van der Waals surface area contributed by atoms with E-state index in [1.807, 2.05) is 48.5 Å². The smallest absolute Gasteiger partial charge is 0.245 e. The fourth-order valence-corrected chi connectivity index (χ4v) is 11.3. The van der Waals surface area contributed by atoms with Gasteiger partial charge in [-0.2, -0.15) is 0 Å². The van der Waals surface area contributed by atoms with E-state index < -0.39 is 92.7 Å². The Kier molecular flexibility index (Phi) is 18.6. The standard InChI is InChI=1S/C31H60N8O8Si/c1-11-19(10)25(34)31(46)37-21(13-24(33)41)28(43)36-20(12-23(32)40)29(44)38-22(30(45)39-26(15(2)3)27(35)42)14-47-48(16(4)5,17(6)7)18(8)9/h15-22,25-26H,11-14,34H2,1-10H3,(H2,32,40)(H2,33,41)(H2,35,42)(H,36,43)(H,37,46)(H,38,44)(H,39,45)/t19-,20-,21-,22-,25-,26-/m0/s1. The second-order valence-corrected chi connectivity index (χ2v) is 19.2. The fraction of sp³-hybridized carbons (Fsp3) is 0.774. The number of hydrogen-bond donors (Lipinski definition) is 8. The Morgan fingerprint density at radius 2 is 0.979 bits per heavy atom. The maximum Gasteiger partial charge on any atom is 0.245 e. The SMILES string of the molecule is CC[C@H](C)[C@H](N)C(=O)N[C@@H](CC(N)=O)C(=O)N[C@@H](CC(N)=O)C(=O)N[C@@H](CO[Si](C(C)C)(C(C)C)C(C)C)C(=O)N[C@H](C(N)=O)C(C)C. The topological polar surface area (TPSA) is 281 Å². The molecule has 17 heteroatoms. The maximum atomic E-state index is 13.7. The predicted octanol–water partition coefficient (Wildman–Crippen LogP) is -0.617. The molecule has 0 rings (SSSR count). The Labute approximate surface area is 285 Å². The first kappa shape index (κ1) is 44.4. The highest BCUT2D eigenvalue weighted by atomic mass is 28.4. The molecule has 0 aromatic heterocycles. The summed E-state index contributed by atoms with van der Waals surface area (Å²) in [4.78, 5) is 89.2. The number of hydrogen-bond acceptors (Lipinski definition) is 9. The number of carbonyl (C=O) groups is 7. The molecule has 0 heterocycles. The third-order valence-corrected chi connectivity index (χ3v) is 14.8. The van der Waals surface area contributed by atoms with Crippen LogP contribution < -0.4 is 44.2 Å². The van der Waals surface area contributed by atoms with Gasteiger partial charge in [0.1, 0.15) is 24.2 Å². The van der Waals surface area contributed by atoms with Crippen LogP contribution in [0.2, 0.25) is 16.6 Å². The molecule has 6 atom stereocenters. The summed E-state index contributed by atoms with van der Waals surface area (Å²) in [6.07, 6.45) is -0.771. The summed E-state index contributed by atoms with van der Waals surface area (Å²) in [5, 5.41) is 9.82. The maximum absolute atomic E-state index is 13.7. The largest absolute Gasteiger partial charge is 0.413 e. The van der Waals surface area contributed by atoms with Crippen molar-refractivity contribution in [2.75, 3.05) is 6.61 Å². The first-order valence-corrected chi connectivity index (χ1v) is 18.6. The molecular formula is C31H60N8O8Si. The van der Waals surface area contributed by atoms with Crippen LogP contribution in [-0.4, -0.2) is 86.5 Å². The van der Waals surface area contributed by atoms with Crippen LogP contribution in [0.4, 0.5) is 0 Å². The van der Waals surface area contributed by atoms with Crippen LogP contribution in [0.25, 0.3) is 0 Å². The van der Waals surface area contributed by atoms with Crippen LogP contribution in [0.5, 0.6) is 0 Å². The summed E-state index contributed by atoms with van der Waals surface area (Å²) in [6.45, 7) is 18.9. The zero-order valence-corrected chi connectivity index (χ0v) is 31.2. The molecule has 0 aliphatic carbocycles. The van der Waals surface area contributed by atoms with Crippen molar-refractivity contribution in [2.24, 2.45) is 34.8 Å². The van der Waals surface area contributed by atoms with Gasteiger partial charge in [-0.15, -0.1) is 0 Å². The van der Waals surface area contributed by atoms with Gasteiger partial charge < -0.3 is 48.6 Å². The molecule has 0 aromatic carbocycles. The third kappa shape index (κ3) is 13.1. The van der Waals surface area contributed by atoms with Crippen LogP contribution in [0.15, 0.2) is 0 Å². The molecule has 0 aliphatic heterocycles. The molecule has 0 unspecified atom stereocenters. The van der Waals surface area contributed by atoms with E-state index in [4.69, 9.17) is 27.4 Å². The zero-order chi connectivity index (χ0) is 37.7. The molecule has 16 nitrogen and oxygen atoms in total. The highest BCUT2D eigenvalue weighted by Gasteiger charge is 2.46. The Hall–Kier alpha value is -3.57. The molecular weight excluding hydrogens is 640 g/mol. The molecule has 0 bridgehead atoms. The minimum Gasteiger partial charge on any atom is -0.413 e. The number of amides is 7. The number of primary amides is 3. The highest BCUT2D eigenvalue weighted by molar-refractivity contribution is 6.77.